The fourth-order valence-electron chi connectivity index (χ4n) is 1.72. The first-order valence-electron chi connectivity index (χ1n) is 5.03. The molecule has 0 aliphatic carbocycles. The van der Waals surface area contributed by atoms with E-state index in [0.717, 1.165) is 16.7 Å². The average Bonchev–Trinajstić information content (AvgIpc) is 2.52. The van der Waals surface area contributed by atoms with E-state index in [1.165, 1.54) is 9.09 Å². The number of fused-ring (bicyclic) bond motifs is 1. The number of hydrogen-bond acceptors (Lipinski definition) is 1. The fraction of sp³-hybridized carbons (Fsp3) is 0.364. The van der Waals surface area contributed by atoms with Gasteiger partial charge in [-0.15, -0.1) is 0 Å². The number of H-pyrrole nitrogens is 1. The van der Waals surface area contributed by atoms with Crippen molar-refractivity contribution >= 4 is 45.8 Å². The summed E-state index contributed by atoms with van der Waals surface area (Å²) in [5, 5.41) is 0. The lowest BCUT2D eigenvalue weighted by Crippen LogP contribution is -2.03. The van der Waals surface area contributed by atoms with E-state index in [1.807, 2.05) is 0 Å². The number of aromatic nitrogens is 2. The zero-order valence-electron chi connectivity index (χ0n) is 8.75. The van der Waals surface area contributed by atoms with Gasteiger partial charge in [-0.2, -0.15) is 0 Å². The third-order valence-electron chi connectivity index (χ3n) is 2.71. The normalized spacial score (nSPS) is 13.3. The van der Waals surface area contributed by atoms with Crippen molar-refractivity contribution in [1.29, 1.82) is 0 Å². The minimum Gasteiger partial charge on any atom is -0.331 e. The second kappa shape index (κ2) is 4.25. The highest BCUT2D eigenvalue weighted by Crippen LogP contribution is 2.22. The van der Waals surface area contributed by atoms with Crippen LogP contribution in [-0.2, 0) is 0 Å². The van der Waals surface area contributed by atoms with E-state index in [-0.39, 0.29) is 0 Å². The summed E-state index contributed by atoms with van der Waals surface area (Å²) in [7, 11) is 0. The molecule has 0 spiro atoms. The molecule has 0 amide bonds. The van der Waals surface area contributed by atoms with Crippen LogP contribution in [0.3, 0.4) is 0 Å². The molecule has 1 heterocycles. The van der Waals surface area contributed by atoms with Crippen molar-refractivity contribution < 1.29 is 0 Å². The Hall–Kier alpha value is -0.360. The summed E-state index contributed by atoms with van der Waals surface area (Å²) in [6.07, 6.45) is 1.09. The molecule has 0 fully saturated rings. The highest BCUT2D eigenvalue weighted by molar-refractivity contribution is 14.1. The van der Waals surface area contributed by atoms with E-state index in [2.05, 4.69) is 64.2 Å². The molecule has 1 aromatic heterocycles. The van der Waals surface area contributed by atoms with Crippen molar-refractivity contribution in [2.24, 2.45) is 0 Å². The number of halogens is 1. The first-order valence-corrected chi connectivity index (χ1v) is 6.52. The molecule has 1 N–H and O–H groups in total. The lowest BCUT2D eigenvalue weighted by Gasteiger charge is -2.11. The predicted molar refractivity (Wildman–Crippen MR) is 74.8 cm³/mol. The molecule has 2 aromatic rings. The molecule has 0 aliphatic rings. The zero-order chi connectivity index (χ0) is 11.0. The molecule has 0 bridgehead atoms. The lowest BCUT2D eigenvalue weighted by atomic mass is 10.2. The third-order valence-corrected chi connectivity index (χ3v) is 3.68. The average molecular weight is 332 g/mol. The van der Waals surface area contributed by atoms with E-state index >= 15 is 0 Å². The van der Waals surface area contributed by atoms with Crippen LogP contribution in [-0.4, -0.2) is 9.55 Å². The minimum atomic E-state index is 0.450. The Labute approximate surface area is 108 Å². The van der Waals surface area contributed by atoms with Crippen molar-refractivity contribution in [3.8, 4) is 0 Å². The second-order valence-corrected chi connectivity index (χ2v) is 5.35. The highest BCUT2D eigenvalue weighted by atomic mass is 127. The summed E-state index contributed by atoms with van der Waals surface area (Å²) in [5.74, 6) is 0. The SMILES string of the molecule is CCC(C)n1c(=S)[nH]c2cc(I)ccc21. The standard InChI is InChI=1S/C11H13IN2S/c1-3-7(2)14-10-5-4-8(12)6-9(10)13-11(14)15/h4-7H,3H2,1-2H3,(H,13,15). The van der Waals surface area contributed by atoms with Gasteiger partial charge < -0.3 is 9.55 Å². The van der Waals surface area contributed by atoms with Crippen LogP contribution in [0.1, 0.15) is 26.3 Å². The Morgan fingerprint density at radius 2 is 2.27 bits per heavy atom. The topological polar surface area (TPSA) is 20.7 Å². The van der Waals surface area contributed by atoms with Crippen molar-refractivity contribution in [3.05, 3.63) is 26.5 Å². The maximum Gasteiger partial charge on any atom is 0.178 e. The quantitative estimate of drug-likeness (QED) is 0.643. The molecular weight excluding hydrogens is 319 g/mol. The lowest BCUT2D eigenvalue weighted by molar-refractivity contribution is 0.539. The molecule has 80 valence electrons. The molecule has 2 rings (SSSR count). The first-order chi connectivity index (χ1) is 7.13. The second-order valence-electron chi connectivity index (χ2n) is 3.72. The Morgan fingerprint density at radius 1 is 1.53 bits per heavy atom. The minimum absolute atomic E-state index is 0.450. The summed E-state index contributed by atoms with van der Waals surface area (Å²) < 4.78 is 4.25. The number of nitrogens with zero attached hydrogens (tertiary/aromatic N) is 1. The van der Waals surface area contributed by atoms with Gasteiger partial charge in [0.1, 0.15) is 0 Å². The van der Waals surface area contributed by atoms with Gasteiger partial charge in [0.25, 0.3) is 0 Å². The number of nitrogens with one attached hydrogen (secondary N) is 1. The highest BCUT2D eigenvalue weighted by Gasteiger charge is 2.09. The van der Waals surface area contributed by atoms with Gasteiger partial charge in [-0.05, 0) is 66.4 Å². The number of imidazole rings is 1. The fourth-order valence-corrected chi connectivity index (χ4v) is 2.60. The molecule has 0 radical (unpaired) electrons. The number of aromatic amines is 1. The van der Waals surface area contributed by atoms with Gasteiger partial charge in [-0.3, -0.25) is 0 Å². The van der Waals surface area contributed by atoms with Crippen molar-refractivity contribution in [2.45, 2.75) is 26.3 Å². The van der Waals surface area contributed by atoms with Crippen LogP contribution < -0.4 is 0 Å². The van der Waals surface area contributed by atoms with Crippen LogP contribution in [0.15, 0.2) is 18.2 Å². The molecule has 1 aromatic carbocycles. The van der Waals surface area contributed by atoms with E-state index in [0.29, 0.717) is 6.04 Å². The van der Waals surface area contributed by atoms with E-state index < -0.39 is 0 Å². The van der Waals surface area contributed by atoms with Crippen LogP contribution in [0.25, 0.3) is 11.0 Å². The van der Waals surface area contributed by atoms with E-state index in [1.54, 1.807) is 0 Å². The smallest absolute Gasteiger partial charge is 0.178 e. The van der Waals surface area contributed by atoms with Gasteiger partial charge in [-0.25, -0.2) is 0 Å². The molecule has 4 heteroatoms. The summed E-state index contributed by atoms with van der Waals surface area (Å²) in [4.78, 5) is 3.26. The van der Waals surface area contributed by atoms with Gasteiger partial charge in [0, 0.05) is 9.61 Å². The third kappa shape index (κ3) is 1.97. The molecule has 1 atom stereocenters. The monoisotopic (exact) mass is 332 g/mol. The Bertz CT molecular complexity index is 541. The van der Waals surface area contributed by atoms with Crippen LogP contribution in [0.2, 0.25) is 0 Å². The summed E-state index contributed by atoms with van der Waals surface area (Å²) in [5.41, 5.74) is 2.34. The van der Waals surface area contributed by atoms with Gasteiger partial charge in [0.2, 0.25) is 0 Å². The van der Waals surface area contributed by atoms with Crippen molar-refractivity contribution in [1.82, 2.24) is 9.55 Å². The van der Waals surface area contributed by atoms with Gasteiger partial charge >= 0.3 is 0 Å². The largest absolute Gasteiger partial charge is 0.331 e. The summed E-state index contributed by atoms with van der Waals surface area (Å²) in [6.45, 7) is 4.37. The molecular formula is C11H13IN2S. The van der Waals surface area contributed by atoms with Crippen molar-refractivity contribution in [2.75, 3.05) is 0 Å². The van der Waals surface area contributed by atoms with Gasteiger partial charge in [-0.1, -0.05) is 6.92 Å². The molecule has 0 saturated heterocycles. The van der Waals surface area contributed by atoms with Gasteiger partial charge in [0.05, 0.1) is 11.0 Å². The van der Waals surface area contributed by atoms with Crippen molar-refractivity contribution in [3.63, 3.8) is 0 Å². The Balaban J connectivity index is 2.74. The summed E-state index contributed by atoms with van der Waals surface area (Å²) in [6, 6.07) is 6.83. The molecule has 15 heavy (non-hydrogen) atoms. The van der Waals surface area contributed by atoms with Crippen LogP contribution in [0.4, 0.5) is 0 Å². The van der Waals surface area contributed by atoms with Crippen LogP contribution >= 0.6 is 34.8 Å². The number of hydrogen-bond donors (Lipinski definition) is 1. The van der Waals surface area contributed by atoms with E-state index in [4.69, 9.17) is 12.2 Å². The van der Waals surface area contributed by atoms with Crippen LogP contribution in [0.5, 0.6) is 0 Å². The number of benzene rings is 1. The maximum absolute atomic E-state index is 5.34. The molecule has 0 saturated carbocycles. The zero-order valence-corrected chi connectivity index (χ0v) is 11.7. The van der Waals surface area contributed by atoms with Gasteiger partial charge in [0.15, 0.2) is 4.77 Å². The van der Waals surface area contributed by atoms with Crippen LogP contribution in [0, 0.1) is 8.34 Å². The number of rotatable bonds is 2. The molecule has 2 nitrogen and oxygen atoms in total. The Morgan fingerprint density at radius 3 is 2.93 bits per heavy atom. The first kappa shape index (κ1) is 11.1. The predicted octanol–water partition coefficient (Wildman–Crippen LogP) is 4.27. The van der Waals surface area contributed by atoms with E-state index in [9.17, 15) is 0 Å². The molecule has 0 aliphatic heterocycles. The Kier molecular flexibility index (Phi) is 3.16. The molecule has 1 unspecified atom stereocenters. The maximum atomic E-state index is 5.34. The summed E-state index contributed by atoms with van der Waals surface area (Å²) >= 11 is 7.66.